The lowest BCUT2D eigenvalue weighted by atomic mass is 10.4. The lowest BCUT2D eigenvalue weighted by molar-refractivity contribution is -0.122. The Hall–Kier alpha value is -2.22. The maximum atomic E-state index is 11.6. The number of thiophene rings is 1. The third kappa shape index (κ3) is 4.18. The number of nitrogens with zero attached hydrogens (tertiary/aromatic N) is 3. The molecule has 8 heteroatoms. The SMILES string of the molecule is CC(=O)Nc1cnn(CC(=O)NCc2cccs2)n1. The zero-order valence-electron chi connectivity index (χ0n) is 10.3. The Morgan fingerprint density at radius 2 is 2.32 bits per heavy atom. The minimum atomic E-state index is -0.228. The summed E-state index contributed by atoms with van der Waals surface area (Å²) in [5.74, 6) is -0.0777. The van der Waals surface area contributed by atoms with Gasteiger partial charge in [-0.15, -0.1) is 16.4 Å². The van der Waals surface area contributed by atoms with Crippen molar-refractivity contribution in [3.8, 4) is 0 Å². The monoisotopic (exact) mass is 279 g/mol. The molecule has 100 valence electrons. The quantitative estimate of drug-likeness (QED) is 0.839. The number of hydrogen-bond donors (Lipinski definition) is 2. The van der Waals surface area contributed by atoms with Crippen LogP contribution in [0.4, 0.5) is 5.82 Å². The molecule has 0 spiro atoms. The second-order valence-corrected chi connectivity index (χ2v) is 4.83. The number of carbonyl (C=O) groups is 2. The molecule has 2 amide bonds. The van der Waals surface area contributed by atoms with Crippen molar-refractivity contribution in [3.63, 3.8) is 0 Å². The first kappa shape index (κ1) is 13.2. The first-order valence-corrected chi connectivity index (χ1v) is 6.48. The number of rotatable bonds is 5. The number of carbonyl (C=O) groups excluding carboxylic acids is 2. The first-order valence-electron chi connectivity index (χ1n) is 5.60. The molecule has 2 aromatic heterocycles. The molecule has 2 N–H and O–H groups in total. The van der Waals surface area contributed by atoms with Crippen molar-refractivity contribution in [2.24, 2.45) is 0 Å². The number of nitrogens with one attached hydrogen (secondary N) is 2. The Morgan fingerprint density at radius 1 is 1.47 bits per heavy atom. The Balaban J connectivity index is 1.81. The van der Waals surface area contributed by atoms with Gasteiger partial charge in [0.05, 0.1) is 12.7 Å². The van der Waals surface area contributed by atoms with E-state index in [0.29, 0.717) is 12.4 Å². The van der Waals surface area contributed by atoms with Crippen molar-refractivity contribution < 1.29 is 9.59 Å². The Morgan fingerprint density at radius 3 is 3.00 bits per heavy atom. The first-order chi connectivity index (χ1) is 9.13. The van der Waals surface area contributed by atoms with Gasteiger partial charge in [-0.1, -0.05) is 6.07 Å². The van der Waals surface area contributed by atoms with E-state index in [1.165, 1.54) is 17.9 Å². The molecule has 0 fully saturated rings. The molecule has 2 aromatic rings. The summed E-state index contributed by atoms with van der Waals surface area (Å²) in [5.41, 5.74) is 0. The standard InChI is InChI=1S/C11H13N5O2S/c1-8(17)14-10-6-13-16(15-10)7-11(18)12-5-9-3-2-4-19-9/h2-4,6H,5,7H2,1H3,(H,12,18)(H,14,15,17). The molecule has 0 aromatic carbocycles. The van der Waals surface area contributed by atoms with Crippen molar-refractivity contribution in [3.05, 3.63) is 28.6 Å². The van der Waals surface area contributed by atoms with Crippen LogP contribution in [0.2, 0.25) is 0 Å². The highest BCUT2D eigenvalue weighted by molar-refractivity contribution is 7.09. The lowest BCUT2D eigenvalue weighted by Crippen LogP contribution is -2.27. The zero-order valence-corrected chi connectivity index (χ0v) is 11.1. The van der Waals surface area contributed by atoms with Gasteiger partial charge in [0.25, 0.3) is 0 Å². The van der Waals surface area contributed by atoms with Gasteiger partial charge in [0.1, 0.15) is 6.54 Å². The summed E-state index contributed by atoms with van der Waals surface area (Å²) in [4.78, 5) is 24.8. The van der Waals surface area contributed by atoms with E-state index in [2.05, 4.69) is 20.8 Å². The topological polar surface area (TPSA) is 88.9 Å². The summed E-state index contributed by atoms with van der Waals surface area (Å²) in [6, 6.07) is 3.88. The van der Waals surface area contributed by atoms with Crippen molar-refractivity contribution in [2.75, 3.05) is 5.32 Å². The van der Waals surface area contributed by atoms with Crippen LogP contribution in [0.25, 0.3) is 0 Å². The minimum Gasteiger partial charge on any atom is -0.350 e. The fourth-order valence-corrected chi connectivity index (χ4v) is 2.04. The zero-order chi connectivity index (χ0) is 13.7. The summed E-state index contributed by atoms with van der Waals surface area (Å²) in [6.07, 6.45) is 1.40. The van der Waals surface area contributed by atoms with E-state index < -0.39 is 0 Å². The van der Waals surface area contributed by atoms with Gasteiger partial charge in [-0.25, -0.2) is 0 Å². The largest absolute Gasteiger partial charge is 0.350 e. The molecule has 0 saturated heterocycles. The molecule has 0 aliphatic rings. The Labute approximate surface area is 113 Å². The number of aromatic nitrogens is 3. The van der Waals surface area contributed by atoms with Gasteiger partial charge in [-0.05, 0) is 11.4 Å². The molecule has 0 atom stereocenters. The van der Waals surface area contributed by atoms with Crippen LogP contribution in [0, 0.1) is 0 Å². The molecule has 7 nitrogen and oxygen atoms in total. The van der Waals surface area contributed by atoms with E-state index in [1.807, 2.05) is 17.5 Å². The van der Waals surface area contributed by atoms with Crippen molar-refractivity contribution in [1.82, 2.24) is 20.3 Å². The average Bonchev–Trinajstić information content (AvgIpc) is 2.97. The molecule has 0 unspecified atom stereocenters. The van der Waals surface area contributed by atoms with Crippen LogP contribution in [-0.4, -0.2) is 26.8 Å². The predicted octanol–water partition coefficient (Wildman–Crippen LogP) is 0.614. The Bertz CT molecular complexity index is 563. The highest BCUT2D eigenvalue weighted by atomic mass is 32.1. The second-order valence-electron chi connectivity index (χ2n) is 3.80. The average molecular weight is 279 g/mol. The highest BCUT2D eigenvalue weighted by Crippen LogP contribution is 2.07. The molecular weight excluding hydrogens is 266 g/mol. The van der Waals surface area contributed by atoms with Crippen LogP contribution < -0.4 is 10.6 Å². The minimum absolute atomic E-state index is 0.0188. The third-order valence-corrected chi connectivity index (χ3v) is 3.04. The fraction of sp³-hybridized carbons (Fsp3) is 0.273. The summed E-state index contributed by atoms with van der Waals surface area (Å²) >= 11 is 1.58. The summed E-state index contributed by atoms with van der Waals surface area (Å²) in [6.45, 7) is 1.90. The van der Waals surface area contributed by atoms with Gasteiger partial charge in [-0.3, -0.25) is 9.59 Å². The van der Waals surface area contributed by atoms with Gasteiger partial charge in [-0.2, -0.15) is 9.90 Å². The normalized spacial score (nSPS) is 10.2. The molecule has 2 heterocycles. The highest BCUT2D eigenvalue weighted by Gasteiger charge is 2.07. The van der Waals surface area contributed by atoms with Crippen LogP contribution in [0.5, 0.6) is 0 Å². The number of hydrogen-bond acceptors (Lipinski definition) is 5. The van der Waals surface area contributed by atoms with E-state index in [0.717, 1.165) is 4.88 Å². The molecule has 0 saturated carbocycles. The van der Waals surface area contributed by atoms with E-state index >= 15 is 0 Å². The lowest BCUT2D eigenvalue weighted by Gasteiger charge is -2.02. The van der Waals surface area contributed by atoms with Crippen LogP contribution >= 0.6 is 11.3 Å². The fourth-order valence-electron chi connectivity index (χ4n) is 1.39. The van der Waals surface area contributed by atoms with Crippen LogP contribution in [0.1, 0.15) is 11.8 Å². The van der Waals surface area contributed by atoms with Gasteiger partial charge >= 0.3 is 0 Å². The number of anilines is 1. The maximum absolute atomic E-state index is 11.6. The van der Waals surface area contributed by atoms with E-state index in [-0.39, 0.29) is 18.4 Å². The van der Waals surface area contributed by atoms with Gasteiger partial charge in [0, 0.05) is 11.8 Å². The van der Waals surface area contributed by atoms with E-state index in [1.54, 1.807) is 11.3 Å². The molecule has 0 radical (unpaired) electrons. The molecular formula is C11H13N5O2S. The second kappa shape index (κ2) is 6.10. The predicted molar refractivity (Wildman–Crippen MR) is 70.5 cm³/mol. The summed E-state index contributed by atoms with van der Waals surface area (Å²) in [7, 11) is 0. The maximum Gasteiger partial charge on any atom is 0.243 e. The van der Waals surface area contributed by atoms with Crippen LogP contribution in [-0.2, 0) is 22.7 Å². The van der Waals surface area contributed by atoms with Gasteiger partial charge < -0.3 is 10.6 Å². The van der Waals surface area contributed by atoms with Gasteiger partial charge in [0.2, 0.25) is 11.8 Å². The van der Waals surface area contributed by atoms with Crippen LogP contribution in [0.3, 0.4) is 0 Å². The number of amides is 2. The van der Waals surface area contributed by atoms with Crippen molar-refractivity contribution in [2.45, 2.75) is 20.0 Å². The van der Waals surface area contributed by atoms with E-state index in [9.17, 15) is 9.59 Å². The summed E-state index contributed by atoms with van der Waals surface area (Å²) in [5, 5.41) is 15.0. The van der Waals surface area contributed by atoms with Crippen molar-refractivity contribution >= 4 is 29.0 Å². The molecule has 0 aliphatic carbocycles. The molecule has 0 aliphatic heterocycles. The molecule has 2 rings (SSSR count). The van der Waals surface area contributed by atoms with E-state index in [4.69, 9.17) is 0 Å². The van der Waals surface area contributed by atoms with Gasteiger partial charge in [0.15, 0.2) is 5.82 Å². The summed E-state index contributed by atoms with van der Waals surface area (Å²) < 4.78 is 0. The Kier molecular flexibility index (Phi) is 4.24. The van der Waals surface area contributed by atoms with Crippen molar-refractivity contribution in [1.29, 1.82) is 0 Å². The third-order valence-electron chi connectivity index (χ3n) is 2.17. The van der Waals surface area contributed by atoms with Crippen LogP contribution in [0.15, 0.2) is 23.7 Å². The molecule has 19 heavy (non-hydrogen) atoms. The molecule has 0 bridgehead atoms. The smallest absolute Gasteiger partial charge is 0.243 e.